The van der Waals surface area contributed by atoms with Gasteiger partial charge in [-0.05, 0) is 31.0 Å². The molecule has 0 spiro atoms. The molecule has 1 atom stereocenters. The number of hydrogen-bond acceptors (Lipinski definition) is 3. The maximum Gasteiger partial charge on any atom is 0.221 e. The summed E-state index contributed by atoms with van der Waals surface area (Å²) in [4.78, 5) is 11.0. The zero-order valence-electron chi connectivity index (χ0n) is 9.25. The van der Waals surface area contributed by atoms with E-state index in [2.05, 4.69) is 5.32 Å². The van der Waals surface area contributed by atoms with Crippen molar-refractivity contribution in [1.29, 1.82) is 0 Å². The molecule has 4 nitrogen and oxygen atoms in total. The van der Waals surface area contributed by atoms with Gasteiger partial charge in [0.15, 0.2) is 0 Å². The zero-order valence-corrected chi connectivity index (χ0v) is 10.0. The van der Waals surface area contributed by atoms with Crippen LogP contribution in [0.15, 0.2) is 12.1 Å². The lowest BCUT2D eigenvalue weighted by Gasteiger charge is -2.15. The van der Waals surface area contributed by atoms with Crippen LogP contribution >= 0.6 is 11.6 Å². The zero-order chi connectivity index (χ0) is 12.3. The van der Waals surface area contributed by atoms with Gasteiger partial charge in [-0.25, -0.2) is 0 Å². The third-order valence-corrected chi connectivity index (χ3v) is 2.41. The molecular weight excluding hydrogens is 228 g/mol. The van der Waals surface area contributed by atoms with E-state index in [4.69, 9.17) is 17.3 Å². The number of halogens is 1. The summed E-state index contributed by atoms with van der Waals surface area (Å²) < 4.78 is 0. The molecule has 0 radical (unpaired) electrons. The summed E-state index contributed by atoms with van der Waals surface area (Å²) in [5.74, 6) is -0.265. The van der Waals surface area contributed by atoms with Crippen molar-refractivity contribution < 1.29 is 9.90 Å². The second-order valence-electron chi connectivity index (χ2n) is 3.78. The largest absolute Gasteiger partial charge is 0.506 e. The van der Waals surface area contributed by atoms with Crippen molar-refractivity contribution in [3.63, 3.8) is 0 Å². The molecular formula is C11H15ClN2O2. The average molecular weight is 243 g/mol. The Morgan fingerprint density at radius 2 is 2.25 bits per heavy atom. The normalized spacial score (nSPS) is 12.2. The highest BCUT2D eigenvalue weighted by atomic mass is 35.5. The van der Waals surface area contributed by atoms with Crippen molar-refractivity contribution in [1.82, 2.24) is 0 Å². The van der Waals surface area contributed by atoms with E-state index >= 15 is 0 Å². The van der Waals surface area contributed by atoms with Crippen LogP contribution in [0.4, 0.5) is 5.69 Å². The summed E-state index contributed by atoms with van der Waals surface area (Å²) in [5.41, 5.74) is 6.69. The summed E-state index contributed by atoms with van der Waals surface area (Å²) >= 11 is 6.01. The van der Waals surface area contributed by atoms with Crippen LogP contribution in [0.3, 0.4) is 0 Å². The number of rotatable bonds is 3. The molecule has 0 heterocycles. The SMILES string of the molecule is CC(=O)Nc1c(O)ccc(Cl)c1CC(C)N. The first kappa shape index (κ1) is 12.8. The maximum atomic E-state index is 11.0. The summed E-state index contributed by atoms with van der Waals surface area (Å²) in [6.45, 7) is 3.20. The fraction of sp³-hybridized carbons (Fsp3) is 0.364. The highest BCUT2D eigenvalue weighted by Crippen LogP contribution is 2.33. The molecule has 1 amide bonds. The van der Waals surface area contributed by atoms with Crippen LogP contribution in [-0.2, 0) is 11.2 Å². The molecule has 0 aliphatic rings. The topological polar surface area (TPSA) is 75.3 Å². The Bertz CT molecular complexity index is 405. The van der Waals surface area contributed by atoms with Gasteiger partial charge in [0.25, 0.3) is 0 Å². The number of phenolic OH excluding ortho intramolecular Hbond substituents is 1. The predicted octanol–water partition coefficient (Wildman–Crippen LogP) is 1.89. The summed E-state index contributed by atoms with van der Waals surface area (Å²) in [5, 5.41) is 12.7. The molecule has 1 aromatic carbocycles. The molecule has 4 N–H and O–H groups in total. The van der Waals surface area contributed by atoms with Gasteiger partial charge in [0.2, 0.25) is 5.91 Å². The summed E-state index contributed by atoms with van der Waals surface area (Å²) in [7, 11) is 0. The van der Waals surface area contributed by atoms with Gasteiger partial charge in [-0.15, -0.1) is 0 Å². The van der Waals surface area contributed by atoms with Crippen molar-refractivity contribution in [3.05, 3.63) is 22.7 Å². The first-order chi connectivity index (χ1) is 7.41. The lowest BCUT2D eigenvalue weighted by molar-refractivity contribution is -0.114. The van der Waals surface area contributed by atoms with E-state index in [1.807, 2.05) is 6.92 Å². The van der Waals surface area contributed by atoms with Crippen molar-refractivity contribution in [2.45, 2.75) is 26.3 Å². The Morgan fingerprint density at radius 3 is 2.75 bits per heavy atom. The van der Waals surface area contributed by atoms with Crippen molar-refractivity contribution in [2.24, 2.45) is 5.73 Å². The van der Waals surface area contributed by atoms with Gasteiger partial charge >= 0.3 is 0 Å². The lowest BCUT2D eigenvalue weighted by Crippen LogP contribution is -2.19. The maximum absolute atomic E-state index is 11.0. The minimum absolute atomic E-state index is 0.00440. The van der Waals surface area contributed by atoms with E-state index in [-0.39, 0.29) is 17.7 Å². The highest BCUT2D eigenvalue weighted by Gasteiger charge is 2.14. The van der Waals surface area contributed by atoms with Crippen LogP contribution in [0, 0.1) is 0 Å². The summed E-state index contributed by atoms with van der Waals surface area (Å²) in [6, 6.07) is 2.92. The molecule has 0 fully saturated rings. The fourth-order valence-corrected chi connectivity index (χ4v) is 1.68. The number of nitrogens with two attached hydrogens (primary N) is 1. The lowest BCUT2D eigenvalue weighted by atomic mass is 10.0. The second-order valence-corrected chi connectivity index (χ2v) is 4.19. The second kappa shape index (κ2) is 5.18. The molecule has 0 aliphatic heterocycles. The van der Waals surface area contributed by atoms with E-state index in [0.717, 1.165) is 0 Å². The predicted molar refractivity (Wildman–Crippen MR) is 64.8 cm³/mol. The molecule has 1 aromatic rings. The number of benzene rings is 1. The molecule has 5 heteroatoms. The van der Waals surface area contributed by atoms with Gasteiger partial charge in [-0.3, -0.25) is 4.79 Å². The van der Waals surface area contributed by atoms with E-state index in [1.165, 1.54) is 13.0 Å². The number of aromatic hydroxyl groups is 1. The van der Waals surface area contributed by atoms with Gasteiger partial charge in [-0.2, -0.15) is 0 Å². The Labute approximate surface area is 99.4 Å². The third kappa shape index (κ3) is 3.12. The van der Waals surface area contributed by atoms with E-state index < -0.39 is 0 Å². The number of carbonyl (C=O) groups excluding carboxylic acids is 1. The Morgan fingerprint density at radius 1 is 1.62 bits per heavy atom. The Balaban J connectivity index is 3.19. The minimum Gasteiger partial charge on any atom is -0.506 e. The monoisotopic (exact) mass is 242 g/mol. The molecule has 16 heavy (non-hydrogen) atoms. The number of phenols is 1. The Kier molecular flexibility index (Phi) is 4.15. The fourth-order valence-electron chi connectivity index (χ4n) is 1.45. The van der Waals surface area contributed by atoms with Crippen LogP contribution in [0.25, 0.3) is 0 Å². The standard InChI is InChI=1S/C11H15ClN2O2/c1-6(13)5-8-9(12)3-4-10(16)11(8)14-7(2)15/h3-4,6,16H,5,13H2,1-2H3,(H,14,15). The van der Waals surface area contributed by atoms with Gasteiger partial charge in [0.05, 0.1) is 5.69 Å². The van der Waals surface area contributed by atoms with Gasteiger partial charge in [-0.1, -0.05) is 11.6 Å². The first-order valence-corrected chi connectivity index (χ1v) is 5.33. The van der Waals surface area contributed by atoms with Crippen molar-refractivity contribution >= 4 is 23.2 Å². The van der Waals surface area contributed by atoms with Crippen molar-refractivity contribution in [3.8, 4) is 5.75 Å². The van der Waals surface area contributed by atoms with Crippen LogP contribution in [0.2, 0.25) is 5.02 Å². The number of nitrogens with one attached hydrogen (secondary N) is 1. The van der Waals surface area contributed by atoms with Crippen molar-refractivity contribution in [2.75, 3.05) is 5.32 Å². The van der Waals surface area contributed by atoms with E-state index in [9.17, 15) is 9.90 Å². The molecule has 0 bridgehead atoms. The van der Waals surface area contributed by atoms with Crippen LogP contribution < -0.4 is 11.1 Å². The molecule has 0 aromatic heterocycles. The van der Waals surface area contributed by atoms with E-state index in [0.29, 0.717) is 22.7 Å². The number of amides is 1. The number of carbonyl (C=O) groups is 1. The molecule has 1 rings (SSSR count). The molecule has 88 valence electrons. The third-order valence-electron chi connectivity index (χ3n) is 2.06. The Hall–Kier alpha value is -1.26. The van der Waals surface area contributed by atoms with E-state index in [1.54, 1.807) is 6.07 Å². The van der Waals surface area contributed by atoms with Gasteiger partial charge in [0, 0.05) is 18.0 Å². The van der Waals surface area contributed by atoms with Crippen LogP contribution in [0.5, 0.6) is 5.75 Å². The average Bonchev–Trinajstić information content (AvgIpc) is 2.16. The first-order valence-electron chi connectivity index (χ1n) is 4.95. The molecule has 1 unspecified atom stereocenters. The molecule has 0 aliphatic carbocycles. The summed E-state index contributed by atoms with van der Waals surface area (Å²) in [6.07, 6.45) is 0.489. The smallest absolute Gasteiger partial charge is 0.221 e. The minimum atomic E-state index is -0.261. The van der Waals surface area contributed by atoms with Gasteiger partial charge in [0.1, 0.15) is 5.75 Å². The highest BCUT2D eigenvalue weighted by molar-refractivity contribution is 6.32. The molecule has 0 saturated heterocycles. The molecule has 0 saturated carbocycles. The number of anilines is 1. The number of hydrogen-bond donors (Lipinski definition) is 3. The van der Waals surface area contributed by atoms with Crippen LogP contribution in [0.1, 0.15) is 19.4 Å². The van der Waals surface area contributed by atoms with Crippen LogP contribution in [-0.4, -0.2) is 17.1 Å². The van der Waals surface area contributed by atoms with Gasteiger partial charge < -0.3 is 16.2 Å². The quantitative estimate of drug-likeness (QED) is 0.709.